The van der Waals surface area contributed by atoms with Gasteiger partial charge >= 0.3 is 11.9 Å². The second kappa shape index (κ2) is 9.72. The predicted molar refractivity (Wildman–Crippen MR) is 109 cm³/mol. The molecule has 150 valence electrons. The lowest BCUT2D eigenvalue weighted by atomic mass is 9.90. The quantitative estimate of drug-likeness (QED) is 0.482. The number of hydrogen-bond acceptors (Lipinski definition) is 4. The first kappa shape index (κ1) is 20.4. The van der Waals surface area contributed by atoms with E-state index in [0.29, 0.717) is 23.0 Å². The van der Waals surface area contributed by atoms with Gasteiger partial charge < -0.3 is 9.47 Å². The summed E-state index contributed by atoms with van der Waals surface area (Å²) in [5.74, 6) is 0.0623. The zero-order valence-corrected chi connectivity index (χ0v) is 16.8. The van der Waals surface area contributed by atoms with Crippen LogP contribution < -0.4 is 0 Å². The fourth-order valence-electron chi connectivity index (χ4n) is 3.90. The third kappa shape index (κ3) is 5.34. The molecular weight excluding hydrogens is 352 g/mol. The van der Waals surface area contributed by atoms with Gasteiger partial charge in [0.05, 0.1) is 11.1 Å². The van der Waals surface area contributed by atoms with E-state index in [9.17, 15) is 9.59 Å². The molecule has 4 atom stereocenters. The highest BCUT2D eigenvalue weighted by Crippen LogP contribution is 2.25. The Balaban J connectivity index is 1.53. The number of allylic oxidation sites excluding steroid dienone is 4. The van der Waals surface area contributed by atoms with Crippen molar-refractivity contribution in [1.29, 1.82) is 0 Å². The summed E-state index contributed by atoms with van der Waals surface area (Å²) < 4.78 is 11.2. The highest BCUT2D eigenvalue weighted by atomic mass is 16.5. The zero-order chi connectivity index (χ0) is 19.9. The van der Waals surface area contributed by atoms with Crippen molar-refractivity contribution in [3.63, 3.8) is 0 Å². The lowest BCUT2D eigenvalue weighted by molar-refractivity contribution is 0.0169. The molecule has 2 aliphatic carbocycles. The van der Waals surface area contributed by atoms with E-state index in [1.165, 1.54) is 0 Å². The molecule has 0 aliphatic heterocycles. The summed E-state index contributed by atoms with van der Waals surface area (Å²) in [4.78, 5) is 24.8. The summed E-state index contributed by atoms with van der Waals surface area (Å²) in [5, 5.41) is 0. The maximum Gasteiger partial charge on any atom is 0.338 e. The number of benzene rings is 1. The Kier molecular flexibility index (Phi) is 7.07. The second-order valence-corrected chi connectivity index (χ2v) is 7.89. The molecule has 0 saturated carbocycles. The van der Waals surface area contributed by atoms with Crippen LogP contribution in [0.2, 0.25) is 0 Å². The van der Waals surface area contributed by atoms with Crippen molar-refractivity contribution in [3.05, 3.63) is 59.7 Å². The lowest BCUT2D eigenvalue weighted by Crippen LogP contribution is -2.25. The fraction of sp³-hybridized carbons (Fsp3) is 0.500. The largest absolute Gasteiger partial charge is 0.459 e. The number of carbonyl (C=O) groups is 2. The highest BCUT2D eigenvalue weighted by molar-refractivity contribution is 5.93. The van der Waals surface area contributed by atoms with Crippen molar-refractivity contribution in [1.82, 2.24) is 0 Å². The van der Waals surface area contributed by atoms with Crippen LogP contribution in [0.3, 0.4) is 0 Å². The van der Waals surface area contributed by atoms with Crippen LogP contribution >= 0.6 is 0 Å². The van der Waals surface area contributed by atoms with Crippen LogP contribution in [-0.2, 0) is 9.47 Å². The molecule has 1 aromatic rings. The zero-order valence-electron chi connectivity index (χ0n) is 16.8. The Morgan fingerprint density at radius 3 is 1.46 bits per heavy atom. The van der Waals surface area contributed by atoms with Crippen LogP contribution in [0.5, 0.6) is 0 Å². The van der Waals surface area contributed by atoms with Crippen molar-refractivity contribution in [3.8, 4) is 0 Å². The van der Waals surface area contributed by atoms with Crippen molar-refractivity contribution in [2.75, 3.05) is 0 Å². The summed E-state index contributed by atoms with van der Waals surface area (Å²) in [6.07, 6.45) is 14.5. The van der Waals surface area contributed by atoms with Crippen molar-refractivity contribution < 1.29 is 19.1 Å². The normalized spacial score (nSPS) is 23.6. The van der Waals surface area contributed by atoms with Crippen LogP contribution in [-0.4, -0.2) is 24.1 Å². The molecule has 0 saturated heterocycles. The van der Waals surface area contributed by atoms with Gasteiger partial charge in [0.1, 0.15) is 12.2 Å². The van der Waals surface area contributed by atoms with Gasteiger partial charge in [-0.25, -0.2) is 9.59 Å². The van der Waals surface area contributed by atoms with Gasteiger partial charge in [-0.15, -0.1) is 0 Å². The van der Waals surface area contributed by atoms with Gasteiger partial charge in [-0.1, -0.05) is 24.3 Å². The van der Waals surface area contributed by atoms with Crippen LogP contribution in [0.4, 0.5) is 0 Å². The minimum absolute atomic E-state index is 0.118. The number of carbonyl (C=O) groups excluding carboxylic acids is 2. The Morgan fingerprint density at radius 1 is 0.750 bits per heavy atom. The van der Waals surface area contributed by atoms with Gasteiger partial charge in [0.2, 0.25) is 0 Å². The van der Waals surface area contributed by atoms with E-state index in [-0.39, 0.29) is 24.1 Å². The fourth-order valence-corrected chi connectivity index (χ4v) is 3.90. The molecular formula is C24H30O4. The molecule has 0 radical (unpaired) electrons. The van der Waals surface area contributed by atoms with E-state index in [4.69, 9.17) is 9.47 Å². The van der Waals surface area contributed by atoms with Gasteiger partial charge in [-0.05, 0) is 88.5 Å². The minimum atomic E-state index is -0.343. The molecule has 0 heterocycles. The standard InChI is InChI=1S/C24H30O4/c1-17(19-9-5-3-6-10-19)27-23(25)21-13-15-22(16-14-21)24(26)28-18(2)20-11-7-4-8-12-20/h3-5,7,13-20H,6,8-12H2,1-2H3. The van der Waals surface area contributed by atoms with Crippen LogP contribution in [0.1, 0.15) is 73.1 Å². The Bertz CT molecular complexity index is 668. The third-order valence-electron chi connectivity index (χ3n) is 5.89. The number of esters is 2. The first-order chi connectivity index (χ1) is 13.5. The molecule has 1 aromatic carbocycles. The molecule has 2 aliphatic rings. The maximum absolute atomic E-state index is 12.4. The Morgan fingerprint density at radius 2 is 1.14 bits per heavy atom. The van der Waals surface area contributed by atoms with Gasteiger partial charge in [0.15, 0.2) is 0 Å². The minimum Gasteiger partial charge on any atom is -0.459 e. The van der Waals surface area contributed by atoms with Gasteiger partial charge in [-0.3, -0.25) is 0 Å². The summed E-state index contributed by atoms with van der Waals surface area (Å²) >= 11 is 0. The molecule has 0 amide bonds. The Labute approximate surface area is 167 Å². The second-order valence-electron chi connectivity index (χ2n) is 7.89. The average molecular weight is 383 g/mol. The molecule has 4 nitrogen and oxygen atoms in total. The molecule has 0 N–H and O–H groups in total. The summed E-state index contributed by atoms with van der Waals surface area (Å²) in [7, 11) is 0. The Hall–Kier alpha value is -2.36. The van der Waals surface area contributed by atoms with Crippen LogP contribution in [0.15, 0.2) is 48.6 Å². The molecule has 4 heteroatoms. The molecule has 4 unspecified atom stereocenters. The average Bonchev–Trinajstić information content (AvgIpc) is 2.75. The smallest absolute Gasteiger partial charge is 0.338 e. The molecule has 0 fully saturated rings. The van der Waals surface area contributed by atoms with Crippen molar-refractivity contribution in [2.45, 2.75) is 64.6 Å². The highest BCUT2D eigenvalue weighted by Gasteiger charge is 2.23. The summed E-state index contributed by atoms with van der Waals surface area (Å²) in [6.45, 7) is 3.91. The third-order valence-corrected chi connectivity index (χ3v) is 5.89. The number of rotatable bonds is 6. The van der Waals surface area contributed by atoms with Crippen molar-refractivity contribution >= 4 is 11.9 Å². The predicted octanol–water partition coefficient (Wildman–Crippen LogP) is 5.49. The maximum atomic E-state index is 12.4. The first-order valence-electron chi connectivity index (χ1n) is 10.4. The molecule has 3 rings (SSSR count). The summed E-state index contributed by atoms with van der Waals surface area (Å²) in [6, 6.07) is 6.56. The monoisotopic (exact) mass is 382 g/mol. The van der Waals surface area contributed by atoms with E-state index >= 15 is 0 Å². The van der Waals surface area contributed by atoms with E-state index in [1.54, 1.807) is 24.3 Å². The van der Waals surface area contributed by atoms with Gasteiger partial charge in [0, 0.05) is 0 Å². The number of ether oxygens (including phenoxy) is 2. The lowest BCUT2D eigenvalue weighted by Gasteiger charge is -2.25. The molecule has 0 spiro atoms. The first-order valence-corrected chi connectivity index (χ1v) is 10.4. The van der Waals surface area contributed by atoms with Crippen LogP contribution in [0.25, 0.3) is 0 Å². The van der Waals surface area contributed by atoms with Crippen LogP contribution in [0, 0.1) is 11.8 Å². The molecule has 0 aromatic heterocycles. The van der Waals surface area contributed by atoms with Crippen molar-refractivity contribution in [2.24, 2.45) is 11.8 Å². The van der Waals surface area contributed by atoms with E-state index < -0.39 is 0 Å². The van der Waals surface area contributed by atoms with E-state index in [2.05, 4.69) is 24.3 Å². The number of hydrogen-bond donors (Lipinski definition) is 0. The summed E-state index contributed by atoms with van der Waals surface area (Å²) in [5.41, 5.74) is 0.917. The molecule has 28 heavy (non-hydrogen) atoms. The van der Waals surface area contributed by atoms with E-state index in [1.807, 2.05) is 13.8 Å². The molecule has 0 bridgehead atoms. The van der Waals surface area contributed by atoms with E-state index in [0.717, 1.165) is 38.5 Å². The van der Waals surface area contributed by atoms with Gasteiger partial charge in [-0.2, -0.15) is 0 Å². The van der Waals surface area contributed by atoms with Gasteiger partial charge in [0.25, 0.3) is 0 Å². The topological polar surface area (TPSA) is 52.6 Å². The SMILES string of the molecule is CC(OC(=O)c1ccc(C(=O)OC(C)C2CC=CCC2)cc1)C1CC=CCC1.